The summed E-state index contributed by atoms with van der Waals surface area (Å²) >= 11 is 0. The van der Waals surface area contributed by atoms with Gasteiger partial charge in [-0.3, -0.25) is 14.4 Å². The fourth-order valence-corrected chi connectivity index (χ4v) is 1.70. The summed E-state index contributed by atoms with van der Waals surface area (Å²) in [6.45, 7) is -0.863. The van der Waals surface area contributed by atoms with Crippen LogP contribution in [0.3, 0.4) is 0 Å². The second-order valence-corrected chi connectivity index (χ2v) is 4.42. The first-order valence-corrected chi connectivity index (χ1v) is 6.52. The second-order valence-electron chi connectivity index (χ2n) is 4.42. The molecule has 0 aromatic heterocycles. The van der Waals surface area contributed by atoms with Gasteiger partial charge in [-0.15, -0.1) is 0 Å². The highest BCUT2D eigenvalue weighted by molar-refractivity contribution is 5.97. The lowest BCUT2D eigenvalue weighted by Crippen LogP contribution is -2.44. The van der Waals surface area contributed by atoms with E-state index in [1.54, 1.807) is 30.3 Å². The molecule has 3 amide bonds. The van der Waals surface area contributed by atoms with Gasteiger partial charge in [0.05, 0.1) is 0 Å². The maximum absolute atomic E-state index is 11.9. The Morgan fingerprint density at radius 2 is 1.86 bits per heavy atom. The first-order chi connectivity index (χ1) is 10.0. The van der Waals surface area contributed by atoms with Crippen molar-refractivity contribution in [2.45, 2.75) is 18.9 Å². The molecule has 0 bridgehead atoms. The van der Waals surface area contributed by atoms with Gasteiger partial charge in [-0.1, -0.05) is 18.2 Å². The molecule has 1 aromatic carbocycles. The molecule has 0 saturated heterocycles. The van der Waals surface area contributed by atoms with Crippen LogP contribution in [0.1, 0.15) is 23.2 Å². The second kappa shape index (κ2) is 8.68. The molecule has 0 radical (unpaired) electrons. The number of hydrogen-bond acceptors (Lipinski definition) is 3. The molecule has 21 heavy (non-hydrogen) atoms. The van der Waals surface area contributed by atoms with Crippen LogP contribution in [0.2, 0.25) is 0 Å². The van der Waals surface area contributed by atoms with Gasteiger partial charge in [0.15, 0.2) is 6.67 Å². The van der Waals surface area contributed by atoms with E-state index in [1.807, 2.05) is 0 Å². The Kier molecular flexibility index (Phi) is 6.86. The van der Waals surface area contributed by atoms with Crippen LogP contribution in [0.5, 0.6) is 0 Å². The molecule has 1 rings (SSSR count). The van der Waals surface area contributed by atoms with E-state index < -0.39 is 30.4 Å². The van der Waals surface area contributed by atoms with Crippen LogP contribution in [0.25, 0.3) is 0 Å². The minimum atomic E-state index is -1.08. The Bertz CT molecular complexity index is 493. The third kappa shape index (κ3) is 6.03. The predicted molar refractivity (Wildman–Crippen MR) is 75.1 cm³/mol. The summed E-state index contributed by atoms with van der Waals surface area (Å²) in [4.78, 5) is 33.9. The van der Waals surface area contributed by atoms with Gasteiger partial charge in [0.2, 0.25) is 5.91 Å². The molecule has 0 unspecified atom stereocenters. The topological polar surface area (TPSA) is 101 Å². The zero-order valence-corrected chi connectivity index (χ0v) is 11.5. The van der Waals surface area contributed by atoms with Gasteiger partial charge in [0.25, 0.3) is 11.8 Å². The average molecular weight is 295 g/mol. The summed E-state index contributed by atoms with van der Waals surface area (Å²) in [5, 5.41) is 4.87. The zero-order valence-electron chi connectivity index (χ0n) is 11.5. The number of hydrogen-bond donors (Lipinski definition) is 3. The van der Waals surface area contributed by atoms with Crippen molar-refractivity contribution in [3.8, 4) is 0 Å². The van der Waals surface area contributed by atoms with Crippen molar-refractivity contribution in [2.75, 3.05) is 13.2 Å². The van der Waals surface area contributed by atoms with Crippen LogP contribution in [0, 0.1) is 0 Å². The van der Waals surface area contributed by atoms with Gasteiger partial charge in [0, 0.05) is 12.1 Å². The molecular weight excluding hydrogens is 277 g/mol. The summed E-state index contributed by atoms with van der Waals surface area (Å²) in [5.74, 6) is -1.76. The third-order valence-electron chi connectivity index (χ3n) is 2.80. The van der Waals surface area contributed by atoms with Crippen molar-refractivity contribution >= 4 is 17.7 Å². The Balaban J connectivity index is 2.45. The highest BCUT2D eigenvalue weighted by Gasteiger charge is 2.18. The number of nitrogens with two attached hydrogens (primary N) is 1. The van der Waals surface area contributed by atoms with Crippen molar-refractivity contribution < 1.29 is 18.8 Å². The molecule has 0 spiro atoms. The number of carbonyl (C=O) groups excluding carboxylic acids is 3. The highest BCUT2D eigenvalue weighted by atomic mass is 19.1. The number of carbonyl (C=O) groups is 3. The van der Waals surface area contributed by atoms with Crippen LogP contribution in [0.15, 0.2) is 30.3 Å². The normalized spacial score (nSPS) is 11.5. The lowest BCUT2D eigenvalue weighted by molar-refractivity contribution is -0.121. The predicted octanol–water partition coefficient (Wildman–Crippen LogP) is 0.136. The van der Waals surface area contributed by atoms with Gasteiger partial charge in [-0.25, -0.2) is 4.39 Å². The molecular formula is C14H18FN3O3. The molecule has 4 N–H and O–H groups in total. The average Bonchev–Trinajstić information content (AvgIpc) is 2.50. The fourth-order valence-electron chi connectivity index (χ4n) is 1.70. The van der Waals surface area contributed by atoms with Crippen LogP contribution in [-0.2, 0) is 9.59 Å². The molecule has 0 saturated carbocycles. The van der Waals surface area contributed by atoms with E-state index in [4.69, 9.17) is 5.73 Å². The Labute approximate surface area is 121 Å². The van der Waals surface area contributed by atoms with Crippen LogP contribution >= 0.6 is 0 Å². The van der Waals surface area contributed by atoms with E-state index in [-0.39, 0.29) is 13.0 Å². The molecule has 0 heterocycles. The van der Waals surface area contributed by atoms with Gasteiger partial charge in [-0.05, 0) is 25.0 Å². The quantitative estimate of drug-likeness (QED) is 0.594. The molecule has 1 atom stereocenters. The molecule has 7 heteroatoms. The van der Waals surface area contributed by atoms with Crippen LogP contribution < -0.4 is 16.4 Å². The van der Waals surface area contributed by atoms with Gasteiger partial charge < -0.3 is 16.4 Å². The van der Waals surface area contributed by atoms with Crippen molar-refractivity contribution in [1.82, 2.24) is 10.6 Å². The number of amides is 3. The maximum atomic E-state index is 11.9. The summed E-state index contributed by atoms with van der Waals surface area (Å²) in [7, 11) is 0. The van der Waals surface area contributed by atoms with Gasteiger partial charge >= 0.3 is 0 Å². The largest absolute Gasteiger partial charge is 0.368 e. The molecule has 6 nitrogen and oxygen atoms in total. The third-order valence-corrected chi connectivity index (χ3v) is 2.80. The van der Waals surface area contributed by atoms with Crippen molar-refractivity contribution in [3.05, 3.63) is 35.9 Å². The number of rotatable bonds is 8. The standard InChI is InChI=1S/C14H18FN3O3/c15-9-12(19)17-8-4-7-11(13(16)20)18-14(21)10-5-2-1-3-6-10/h1-3,5-6,11H,4,7-9H2,(H2,16,20)(H,17,19)(H,18,21)/t11-/m0/s1. The van der Waals surface area contributed by atoms with E-state index in [9.17, 15) is 18.8 Å². The lowest BCUT2D eigenvalue weighted by atomic mass is 10.1. The zero-order chi connectivity index (χ0) is 15.7. The minimum absolute atomic E-state index is 0.216. The van der Waals surface area contributed by atoms with Gasteiger partial charge in [-0.2, -0.15) is 0 Å². The highest BCUT2D eigenvalue weighted by Crippen LogP contribution is 2.02. The molecule has 0 aliphatic carbocycles. The lowest BCUT2D eigenvalue weighted by Gasteiger charge is -2.15. The van der Waals surface area contributed by atoms with Crippen molar-refractivity contribution in [1.29, 1.82) is 0 Å². The Hall–Kier alpha value is -2.44. The number of alkyl halides is 1. The van der Waals surface area contributed by atoms with Crippen LogP contribution in [-0.4, -0.2) is 37.0 Å². The van der Waals surface area contributed by atoms with E-state index in [1.165, 1.54) is 0 Å². The number of nitrogens with one attached hydrogen (secondary N) is 2. The molecule has 1 aromatic rings. The van der Waals surface area contributed by atoms with E-state index >= 15 is 0 Å². The number of halogens is 1. The molecule has 0 aliphatic rings. The van der Waals surface area contributed by atoms with Gasteiger partial charge in [0.1, 0.15) is 6.04 Å². The monoisotopic (exact) mass is 295 g/mol. The van der Waals surface area contributed by atoms with Crippen LogP contribution in [0.4, 0.5) is 4.39 Å². The van der Waals surface area contributed by atoms with E-state index in [2.05, 4.69) is 10.6 Å². The molecule has 114 valence electrons. The summed E-state index contributed by atoms with van der Waals surface area (Å²) in [6, 6.07) is 7.60. The van der Waals surface area contributed by atoms with E-state index in [0.717, 1.165) is 0 Å². The van der Waals surface area contributed by atoms with Crippen molar-refractivity contribution in [2.24, 2.45) is 5.73 Å². The summed E-state index contributed by atoms with van der Waals surface area (Å²) in [5.41, 5.74) is 5.66. The Morgan fingerprint density at radius 3 is 2.43 bits per heavy atom. The number of benzene rings is 1. The minimum Gasteiger partial charge on any atom is -0.368 e. The summed E-state index contributed by atoms with van der Waals surface area (Å²) < 4.78 is 11.9. The smallest absolute Gasteiger partial charge is 0.251 e. The molecule has 0 fully saturated rings. The van der Waals surface area contributed by atoms with Crippen molar-refractivity contribution in [3.63, 3.8) is 0 Å². The molecule has 0 aliphatic heterocycles. The maximum Gasteiger partial charge on any atom is 0.251 e. The SMILES string of the molecule is NC(=O)[C@H](CCCNC(=O)CF)NC(=O)c1ccccc1. The first-order valence-electron chi connectivity index (χ1n) is 6.52. The summed E-state index contributed by atoms with van der Waals surface area (Å²) in [6.07, 6.45) is 0.662. The Morgan fingerprint density at radius 1 is 1.19 bits per heavy atom. The van der Waals surface area contributed by atoms with E-state index in [0.29, 0.717) is 12.0 Å². The fraction of sp³-hybridized carbons (Fsp3) is 0.357. The first kappa shape index (κ1) is 16.6. The number of primary amides is 1.